The number of allylic oxidation sites excluding steroid dienone is 1. The van der Waals surface area contributed by atoms with Crippen molar-refractivity contribution in [3.05, 3.63) is 12.7 Å². The van der Waals surface area contributed by atoms with Gasteiger partial charge in [-0.3, -0.25) is 0 Å². The zero-order valence-corrected chi connectivity index (χ0v) is 7.99. The van der Waals surface area contributed by atoms with Gasteiger partial charge in [0.1, 0.15) is 0 Å². The molecule has 0 aromatic rings. The Bertz CT molecular complexity index is 61.1. The Labute approximate surface area is 65.7 Å². The highest BCUT2D eigenvalue weighted by molar-refractivity contribution is 5.75. The first-order valence-corrected chi connectivity index (χ1v) is 3.77. The summed E-state index contributed by atoms with van der Waals surface area (Å²) in [7, 11) is 0. The van der Waals surface area contributed by atoms with Crippen LogP contribution >= 0.6 is 0 Å². The average molecular weight is 143 g/mol. The van der Waals surface area contributed by atoms with E-state index in [0.29, 0.717) is 5.71 Å². The molecule has 0 rings (SSSR count). The maximum absolute atomic E-state index is 6.50. The van der Waals surface area contributed by atoms with Gasteiger partial charge >= 0.3 is 0 Å². The smallest absolute Gasteiger partial charge is 0.00272 e. The van der Waals surface area contributed by atoms with Crippen molar-refractivity contribution in [2.45, 2.75) is 41.0 Å². The second-order valence-electron chi connectivity index (χ2n) is 1.70. The molecule has 0 radical (unpaired) electrons. The molecule has 1 heteroatoms. The summed E-state index contributed by atoms with van der Waals surface area (Å²) in [6.45, 7) is 13.0. The average Bonchev–Trinajstić information content (AvgIpc) is 1.91. The van der Waals surface area contributed by atoms with Crippen LogP contribution in [-0.2, 0) is 0 Å². The quantitative estimate of drug-likeness (QED) is 0.428. The Hall–Kier alpha value is -0.590. The molecule has 0 heterocycles. The van der Waals surface area contributed by atoms with Crippen LogP contribution in [0.4, 0.5) is 0 Å². The maximum atomic E-state index is 6.50. The van der Waals surface area contributed by atoms with Gasteiger partial charge in [0.05, 0.1) is 0 Å². The van der Waals surface area contributed by atoms with Crippen LogP contribution in [0.5, 0.6) is 0 Å². The molecule has 1 nitrogen and oxygen atoms in total. The van der Waals surface area contributed by atoms with Gasteiger partial charge in [0.25, 0.3) is 0 Å². The molecule has 0 aromatic heterocycles. The monoisotopic (exact) mass is 143 g/mol. The fourth-order valence-corrected chi connectivity index (χ4v) is 0. The lowest BCUT2D eigenvalue weighted by atomic mass is 10.5. The van der Waals surface area contributed by atoms with Crippen LogP contribution in [0.2, 0.25) is 0 Å². The van der Waals surface area contributed by atoms with Crippen LogP contribution in [0.1, 0.15) is 41.0 Å². The molecule has 62 valence electrons. The van der Waals surface area contributed by atoms with E-state index in [4.69, 9.17) is 5.41 Å². The Kier molecular flexibility index (Phi) is 38.5. The van der Waals surface area contributed by atoms with Crippen molar-refractivity contribution < 1.29 is 0 Å². The van der Waals surface area contributed by atoms with E-state index in [1.54, 1.807) is 13.8 Å². The molecule has 0 aliphatic carbocycles. The summed E-state index contributed by atoms with van der Waals surface area (Å²) in [6, 6.07) is 0. The summed E-state index contributed by atoms with van der Waals surface area (Å²) < 4.78 is 0. The normalized spacial score (nSPS) is 5.70. The Balaban J connectivity index is -0.0000000787. The van der Waals surface area contributed by atoms with Gasteiger partial charge in [0, 0.05) is 5.71 Å². The number of hydrogen-bond donors (Lipinski definition) is 1. The second-order valence-corrected chi connectivity index (χ2v) is 1.70. The third-order valence-corrected chi connectivity index (χ3v) is 0.289. The Morgan fingerprint density at radius 2 is 1.50 bits per heavy atom. The maximum Gasteiger partial charge on any atom is 0.00272 e. The van der Waals surface area contributed by atoms with Crippen LogP contribution in [0.3, 0.4) is 0 Å². The van der Waals surface area contributed by atoms with Crippen LogP contribution < -0.4 is 0 Å². The van der Waals surface area contributed by atoms with Gasteiger partial charge in [-0.1, -0.05) is 26.8 Å². The molecule has 0 fully saturated rings. The fraction of sp³-hybridized carbons (Fsp3) is 0.667. The first kappa shape index (κ1) is 16.2. The highest BCUT2D eigenvalue weighted by Gasteiger charge is 1.55. The largest absolute Gasteiger partial charge is 0.310 e. The van der Waals surface area contributed by atoms with Crippen molar-refractivity contribution in [1.29, 1.82) is 5.41 Å². The molecule has 0 unspecified atom stereocenters. The molecule has 0 atom stereocenters. The summed E-state index contributed by atoms with van der Waals surface area (Å²) in [5.74, 6) is 0. The van der Waals surface area contributed by atoms with E-state index in [9.17, 15) is 0 Å². The van der Waals surface area contributed by atoms with Crippen LogP contribution in [0.25, 0.3) is 0 Å². The molecule has 1 N–H and O–H groups in total. The van der Waals surface area contributed by atoms with Gasteiger partial charge in [0.15, 0.2) is 0 Å². The Morgan fingerprint density at radius 3 is 1.50 bits per heavy atom. The number of nitrogens with one attached hydrogen (secondary N) is 1. The van der Waals surface area contributed by atoms with Crippen molar-refractivity contribution in [3.63, 3.8) is 0 Å². The zero-order valence-electron chi connectivity index (χ0n) is 7.99. The molecule has 0 aromatic carbocycles. The van der Waals surface area contributed by atoms with Gasteiger partial charge in [-0.2, -0.15) is 0 Å². The molecular weight excluding hydrogens is 122 g/mol. The lowest BCUT2D eigenvalue weighted by molar-refractivity contribution is 1.23. The molecule has 0 saturated carbocycles. The first-order valence-electron chi connectivity index (χ1n) is 3.77. The molecule has 10 heavy (non-hydrogen) atoms. The van der Waals surface area contributed by atoms with Crippen LogP contribution in [-0.4, -0.2) is 5.71 Å². The summed E-state index contributed by atoms with van der Waals surface area (Å²) in [4.78, 5) is 0. The molecule has 0 spiro atoms. The summed E-state index contributed by atoms with van der Waals surface area (Å²) in [5.41, 5.74) is 0.667. The standard InChI is InChI=1S/C4H8.C3H7N.C2H6/c1-3-4-2;1-3(2)4;1-2/h3H,1,4H2,2H3;4H,1-2H3;1-2H3. The summed E-state index contributed by atoms with van der Waals surface area (Å²) in [5, 5.41) is 6.50. The lowest BCUT2D eigenvalue weighted by Gasteiger charge is -1.63. The van der Waals surface area contributed by atoms with Gasteiger partial charge in [0.2, 0.25) is 0 Å². The van der Waals surface area contributed by atoms with E-state index in [0.717, 1.165) is 6.42 Å². The minimum Gasteiger partial charge on any atom is -0.310 e. The molecule has 0 aliphatic rings. The second kappa shape index (κ2) is 23.7. The molecule has 0 bridgehead atoms. The van der Waals surface area contributed by atoms with Crippen molar-refractivity contribution in [1.82, 2.24) is 0 Å². The van der Waals surface area contributed by atoms with Crippen LogP contribution in [0.15, 0.2) is 12.7 Å². The molecule has 0 aliphatic heterocycles. The third kappa shape index (κ3) is 1810. The molecule has 0 amide bonds. The predicted molar refractivity (Wildman–Crippen MR) is 50.9 cm³/mol. The number of hydrogen-bond acceptors (Lipinski definition) is 1. The molecule has 0 saturated heterocycles. The van der Waals surface area contributed by atoms with Crippen molar-refractivity contribution in [2.24, 2.45) is 0 Å². The predicted octanol–water partition coefficient (Wildman–Crippen LogP) is 3.65. The highest BCUT2D eigenvalue weighted by atomic mass is 14.3. The van der Waals surface area contributed by atoms with E-state index >= 15 is 0 Å². The minimum absolute atomic E-state index is 0.667. The zero-order chi connectivity index (χ0) is 8.99. The van der Waals surface area contributed by atoms with Gasteiger partial charge in [-0.25, -0.2) is 0 Å². The number of rotatable bonds is 1. The fourth-order valence-electron chi connectivity index (χ4n) is 0. The van der Waals surface area contributed by atoms with E-state index in [1.807, 2.05) is 19.9 Å². The Morgan fingerprint density at radius 1 is 1.40 bits per heavy atom. The first-order chi connectivity index (χ1) is 4.65. The molecular formula is C9H21N. The summed E-state index contributed by atoms with van der Waals surface area (Å²) >= 11 is 0. The third-order valence-electron chi connectivity index (χ3n) is 0.289. The van der Waals surface area contributed by atoms with Gasteiger partial charge in [-0.15, -0.1) is 6.58 Å². The van der Waals surface area contributed by atoms with Gasteiger partial charge < -0.3 is 5.41 Å². The van der Waals surface area contributed by atoms with E-state index in [-0.39, 0.29) is 0 Å². The van der Waals surface area contributed by atoms with Gasteiger partial charge in [-0.05, 0) is 20.3 Å². The highest BCUT2D eigenvalue weighted by Crippen LogP contribution is 1.66. The minimum atomic E-state index is 0.667. The van der Waals surface area contributed by atoms with Crippen LogP contribution in [0, 0.1) is 5.41 Å². The summed E-state index contributed by atoms with van der Waals surface area (Å²) in [6.07, 6.45) is 2.96. The van der Waals surface area contributed by atoms with E-state index in [2.05, 4.69) is 13.5 Å². The SMILES string of the molecule is C=CCC.CC.CC(C)=N. The van der Waals surface area contributed by atoms with Crippen molar-refractivity contribution >= 4 is 5.71 Å². The van der Waals surface area contributed by atoms with Crippen molar-refractivity contribution in [2.75, 3.05) is 0 Å². The lowest BCUT2D eigenvalue weighted by Crippen LogP contribution is -1.67. The van der Waals surface area contributed by atoms with E-state index in [1.165, 1.54) is 0 Å². The topological polar surface area (TPSA) is 23.9 Å². The van der Waals surface area contributed by atoms with Crippen molar-refractivity contribution in [3.8, 4) is 0 Å². The van der Waals surface area contributed by atoms with E-state index < -0.39 is 0 Å².